The quantitative estimate of drug-likeness (QED) is 0.168. The minimum atomic E-state index is 0.685. The molecule has 0 radical (unpaired) electrons. The highest BCUT2D eigenvalue weighted by atomic mass is 32.1. The first-order valence-electron chi connectivity index (χ1n) is 20.1. The van der Waals surface area contributed by atoms with Crippen LogP contribution in [0, 0.1) is 0 Å². The van der Waals surface area contributed by atoms with Gasteiger partial charge < -0.3 is 0 Å². The van der Waals surface area contributed by atoms with E-state index in [0.29, 0.717) is 5.82 Å². The highest BCUT2D eigenvalue weighted by molar-refractivity contribution is 7.26. The van der Waals surface area contributed by atoms with E-state index in [-0.39, 0.29) is 0 Å². The van der Waals surface area contributed by atoms with Gasteiger partial charge in [-0.1, -0.05) is 121 Å². The fraction of sp³-hybridized carbons (Fsp3) is 0. The molecule has 12 aromatic rings. The summed E-state index contributed by atoms with van der Waals surface area (Å²) in [6.07, 6.45) is 3.73. The zero-order valence-corrected chi connectivity index (χ0v) is 33.8. The molecule has 0 spiro atoms. The van der Waals surface area contributed by atoms with Crippen LogP contribution in [0.5, 0.6) is 0 Å². The molecule has 0 saturated carbocycles. The van der Waals surface area contributed by atoms with Gasteiger partial charge in [0.25, 0.3) is 0 Å². The second kappa shape index (κ2) is 14.2. The van der Waals surface area contributed by atoms with Crippen LogP contribution in [0.2, 0.25) is 0 Å². The maximum atomic E-state index is 5.47. The monoisotopic (exact) mass is 799 g/mol. The fourth-order valence-electron chi connectivity index (χ4n) is 8.67. The number of fused-ring (bicyclic) bond motifs is 7. The van der Waals surface area contributed by atoms with Gasteiger partial charge in [-0.05, 0) is 105 Å². The molecule has 0 aliphatic heterocycles. The number of hydrogen-bond acceptors (Lipinski definition) is 5. The summed E-state index contributed by atoms with van der Waals surface area (Å²) >= 11 is 3.70. The number of nitrogens with zero attached hydrogens (tertiary/aromatic N) is 3. The Hall–Kier alpha value is -7.31. The lowest BCUT2D eigenvalue weighted by Gasteiger charge is -2.15. The molecule has 0 aliphatic carbocycles. The molecule has 5 heteroatoms. The zero-order chi connectivity index (χ0) is 39.6. The van der Waals surface area contributed by atoms with Crippen LogP contribution < -0.4 is 0 Å². The molecule has 0 amide bonds. The Morgan fingerprint density at radius 1 is 0.317 bits per heavy atom. The van der Waals surface area contributed by atoms with Crippen molar-refractivity contribution < 1.29 is 0 Å². The first-order chi connectivity index (χ1) is 29.7. The van der Waals surface area contributed by atoms with Gasteiger partial charge in [0, 0.05) is 75.0 Å². The zero-order valence-electron chi connectivity index (χ0n) is 32.2. The van der Waals surface area contributed by atoms with E-state index in [1.54, 1.807) is 0 Å². The van der Waals surface area contributed by atoms with Gasteiger partial charge in [-0.25, -0.2) is 9.97 Å². The number of benzene rings is 8. The van der Waals surface area contributed by atoms with Crippen LogP contribution in [0.25, 0.3) is 118 Å². The Labute approximate surface area is 354 Å². The molecule has 3 nitrogen and oxygen atoms in total. The molecule has 8 aromatic carbocycles. The van der Waals surface area contributed by atoms with Crippen molar-refractivity contribution in [3.05, 3.63) is 200 Å². The summed E-state index contributed by atoms with van der Waals surface area (Å²) in [7, 11) is 0. The van der Waals surface area contributed by atoms with E-state index in [1.807, 2.05) is 41.1 Å². The SMILES string of the molecule is c1cncc(-c2ccccc2-c2cc(-c3cc(-c4ccc5sc6ccccc6c5c4)cc(-c4ccc5sc6ccccc6c5c4)c3)nc(-c3cccc4ccccc34)n2)c1. The van der Waals surface area contributed by atoms with E-state index in [1.165, 1.54) is 51.5 Å². The summed E-state index contributed by atoms with van der Waals surface area (Å²) in [5.41, 5.74) is 11.5. The molecular formula is C55H33N3S2. The lowest BCUT2D eigenvalue weighted by atomic mass is 9.93. The number of pyridine rings is 1. The number of thiophene rings is 2. The van der Waals surface area contributed by atoms with Crippen LogP contribution >= 0.6 is 22.7 Å². The molecule has 4 heterocycles. The number of aromatic nitrogens is 3. The van der Waals surface area contributed by atoms with Crippen LogP contribution in [0.4, 0.5) is 0 Å². The van der Waals surface area contributed by atoms with Gasteiger partial charge in [0.2, 0.25) is 0 Å². The Balaban J connectivity index is 1.12. The average Bonchev–Trinajstić information content (AvgIpc) is 3.89. The van der Waals surface area contributed by atoms with Crippen molar-refractivity contribution in [1.82, 2.24) is 15.0 Å². The van der Waals surface area contributed by atoms with Gasteiger partial charge in [0.1, 0.15) is 0 Å². The second-order valence-electron chi connectivity index (χ2n) is 15.2. The molecule has 0 saturated heterocycles. The third kappa shape index (κ3) is 5.98. The lowest BCUT2D eigenvalue weighted by molar-refractivity contribution is 1.19. The summed E-state index contributed by atoms with van der Waals surface area (Å²) in [5, 5.41) is 7.40. The molecule has 60 heavy (non-hydrogen) atoms. The summed E-state index contributed by atoms with van der Waals surface area (Å²) in [4.78, 5) is 15.3. The van der Waals surface area contributed by atoms with Crippen molar-refractivity contribution in [3.63, 3.8) is 0 Å². The maximum Gasteiger partial charge on any atom is 0.161 e. The maximum absolute atomic E-state index is 5.47. The van der Waals surface area contributed by atoms with Crippen LogP contribution in [0.15, 0.2) is 200 Å². The van der Waals surface area contributed by atoms with Gasteiger partial charge in [0.05, 0.1) is 11.4 Å². The highest BCUT2D eigenvalue weighted by Gasteiger charge is 2.18. The Morgan fingerprint density at radius 3 is 1.55 bits per heavy atom. The van der Waals surface area contributed by atoms with Gasteiger partial charge in [-0.15, -0.1) is 22.7 Å². The molecule has 0 N–H and O–H groups in total. The Bertz CT molecular complexity index is 3480. The largest absolute Gasteiger partial charge is 0.264 e. The molecule has 4 aromatic heterocycles. The molecule has 12 rings (SSSR count). The number of rotatable bonds is 6. The van der Waals surface area contributed by atoms with E-state index < -0.39 is 0 Å². The average molecular weight is 800 g/mol. The first-order valence-corrected chi connectivity index (χ1v) is 21.7. The van der Waals surface area contributed by atoms with Crippen LogP contribution in [0.3, 0.4) is 0 Å². The molecule has 0 bridgehead atoms. The molecule has 0 aliphatic rings. The van der Waals surface area contributed by atoms with E-state index in [4.69, 9.17) is 9.97 Å². The van der Waals surface area contributed by atoms with E-state index >= 15 is 0 Å². The summed E-state index contributed by atoms with van der Waals surface area (Å²) in [5.74, 6) is 0.685. The molecule has 280 valence electrons. The van der Waals surface area contributed by atoms with Crippen molar-refractivity contribution in [2.45, 2.75) is 0 Å². The smallest absolute Gasteiger partial charge is 0.161 e. The van der Waals surface area contributed by atoms with Crippen molar-refractivity contribution in [2.24, 2.45) is 0 Å². The third-order valence-electron chi connectivity index (χ3n) is 11.6. The van der Waals surface area contributed by atoms with Crippen LogP contribution in [-0.4, -0.2) is 15.0 Å². The van der Waals surface area contributed by atoms with E-state index in [9.17, 15) is 0 Å². The first kappa shape index (κ1) is 34.7. The summed E-state index contributed by atoms with van der Waals surface area (Å²) < 4.78 is 5.19. The van der Waals surface area contributed by atoms with Crippen molar-refractivity contribution in [2.75, 3.05) is 0 Å². The highest BCUT2D eigenvalue weighted by Crippen LogP contribution is 2.42. The Kier molecular flexibility index (Phi) is 8.22. The minimum absolute atomic E-state index is 0.685. The van der Waals surface area contributed by atoms with E-state index in [0.717, 1.165) is 61.1 Å². The van der Waals surface area contributed by atoms with Gasteiger partial charge in [0.15, 0.2) is 5.82 Å². The predicted octanol–water partition coefficient (Wildman–Crippen LogP) is 15.8. The van der Waals surface area contributed by atoms with Crippen molar-refractivity contribution >= 4 is 73.8 Å². The van der Waals surface area contributed by atoms with E-state index in [2.05, 4.69) is 187 Å². The molecule has 0 atom stereocenters. The van der Waals surface area contributed by atoms with Crippen LogP contribution in [0.1, 0.15) is 0 Å². The minimum Gasteiger partial charge on any atom is -0.264 e. The second-order valence-corrected chi connectivity index (χ2v) is 17.4. The Morgan fingerprint density at radius 2 is 0.867 bits per heavy atom. The molecule has 0 unspecified atom stereocenters. The van der Waals surface area contributed by atoms with Crippen molar-refractivity contribution in [3.8, 4) is 67.3 Å². The summed E-state index contributed by atoms with van der Waals surface area (Å²) in [6.45, 7) is 0. The predicted molar refractivity (Wildman–Crippen MR) is 256 cm³/mol. The van der Waals surface area contributed by atoms with Gasteiger partial charge >= 0.3 is 0 Å². The molecular weight excluding hydrogens is 767 g/mol. The van der Waals surface area contributed by atoms with Crippen LogP contribution in [-0.2, 0) is 0 Å². The third-order valence-corrected chi connectivity index (χ3v) is 13.9. The topological polar surface area (TPSA) is 38.7 Å². The standard InChI is InChI=1S/C55H33N3S2/c1-2-14-41-34(11-1)12-9-19-46(41)55-57-49(32-50(58-55)43-16-4-3-15-42(43)37-13-10-26-56-33-37)40-28-38(35-22-24-53-47(30-35)44-17-5-7-20-51(44)59-53)27-39(29-40)36-23-25-54-48(31-36)45-18-6-8-21-52(45)60-54/h1-33H. The van der Waals surface area contributed by atoms with Gasteiger partial charge in [-0.3, -0.25) is 4.98 Å². The fourth-order valence-corrected chi connectivity index (χ4v) is 10.8. The lowest BCUT2D eigenvalue weighted by Crippen LogP contribution is -1.98. The molecule has 0 fully saturated rings. The van der Waals surface area contributed by atoms with Gasteiger partial charge in [-0.2, -0.15) is 0 Å². The normalized spacial score (nSPS) is 11.7. The summed E-state index contributed by atoms with van der Waals surface area (Å²) in [6, 6.07) is 67.8. The van der Waals surface area contributed by atoms with Crippen molar-refractivity contribution in [1.29, 1.82) is 0 Å². The number of hydrogen-bond donors (Lipinski definition) is 0.